The van der Waals surface area contributed by atoms with E-state index in [1.54, 1.807) is 0 Å². The van der Waals surface area contributed by atoms with Crippen LogP contribution in [0.2, 0.25) is 0 Å². The van der Waals surface area contributed by atoms with Crippen LogP contribution in [-0.2, 0) is 25.5 Å². The zero-order chi connectivity index (χ0) is 15.0. The second-order valence-electron chi connectivity index (χ2n) is 4.80. The van der Waals surface area contributed by atoms with E-state index in [0.717, 1.165) is 10.4 Å². The Kier molecular flexibility index (Phi) is 3.29. The van der Waals surface area contributed by atoms with Crippen LogP contribution in [0.4, 0.5) is 0 Å². The number of carbonyl (C=O) groups is 2. The molecule has 21 heavy (non-hydrogen) atoms. The van der Waals surface area contributed by atoms with Crippen molar-refractivity contribution in [1.82, 2.24) is 5.16 Å². The third-order valence-electron chi connectivity index (χ3n) is 3.84. The molecule has 0 bridgehead atoms. The fraction of sp³-hybridized carbons (Fsp3) is 0.357. The fourth-order valence-corrected chi connectivity index (χ4v) is 3.85. The van der Waals surface area contributed by atoms with E-state index in [-0.39, 0.29) is 6.42 Å². The number of hydrogen-bond donors (Lipinski definition) is 0. The topological polar surface area (TPSA) is 78.6 Å². The maximum absolute atomic E-state index is 12.4. The summed E-state index contributed by atoms with van der Waals surface area (Å²) < 4.78 is 14.8. The number of aromatic nitrogens is 1. The Morgan fingerprint density at radius 1 is 1.38 bits per heavy atom. The molecule has 3 rings (SSSR count). The molecule has 1 aliphatic carbocycles. The molecule has 2 aromatic heterocycles. The standard InChI is InChI=1S/C14H13NO5S/c1-18-12(16)14(13(17)19-2)6-8-7-20-15-11(8)10(14)9-4-3-5-21-9/h3-5,7,10H,6H2,1-2H3. The van der Waals surface area contributed by atoms with Crippen molar-refractivity contribution in [2.45, 2.75) is 12.3 Å². The lowest BCUT2D eigenvalue weighted by atomic mass is 9.75. The van der Waals surface area contributed by atoms with Crippen LogP contribution >= 0.6 is 11.3 Å². The lowest BCUT2D eigenvalue weighted by molar-refractivity contribution is -0.169. The highest BCUT2D eigenvalue weighted by molar-refractivity contribution is 7.10. The van der Waals surface area contributed by atoms with Crippen LogP contribution in [-0.4, -0.2) is 31.3 Å². The Bertz CT molecular complexity index is 659. The number of hydrogen-bond acceptors (Lipinski definition) is 7. The Morgan fingerprint density at radius 2 is 2.10 bits per heavy atom. The number of fused-ring (bicyclic) bond motifs is 1. The van der Waals surface area contributed by atoms with Gasteiger partial charge >= 0.3 is 11.9 Å². The van der Waals surface area contributed by atoms with Crippen molar-refractivity contribution in [3.63, 3.8) is 0 Å². The first kappa shape index (κ1) is 13.8. The summed E-state index contributed by atoms with van der Waals surface area (Å²) in [5.41, 5.74) is -0.125. The summed E-state index contributed by atoms with van der Waals surface area (Å²) in [6.45, 7) is 0. The summed E-state index contributed by atoms with van der Waals surface area (Å²) in [4.78, 5) is 25.7. The van der Waals surface area contributed by atoms with E-state index in [9.17, 15) is 9.59 Å². The van der Waals surface area contributed by atoms with Crippen LogP contribution in [0.1, 0.15) is 22.1 Å². The van der Waals surface area contributed by atoms with E-state index in [0.29, 0.717) is 5.69 Å². The summed E-state index contributed by atoms with van der Waals surface area (Å²) in [5.74, 6) is -1.79. The molecule has 0 radical (unpaired) electrons. The van der Waals surface area contributed by atoms with Gasteiger partial charge in [-0.05, 0) is 11.4 Å². The van der Waals surface area contributed by atoms with Gasteiger partial charge in [0, 0.05) is 16.9 Å². The summed E-state index contributed by atoms with van der Waals surface area (Å²) >= 11 is 1.45. The van der Waals surface area contributed by atoms with Gasteiger partial charge in [-0.1, -0.05) is 11.2 Å². The molecule has 1 unspecified atom stereocenters. The number of esters is 2. The second kappa shape index (κ2) is 5.00. The minimum absolute atomic E-state index is 0.160. The quantitative estimate of drug-likeness (QED) is 0.635. The molecule has 1 aliphatic rings. The van der Waals surface area contributed by atoms with Gasteiger partial charge in [0.1, 0.15) is 6.26 Å². The average molecular weight is 307 g/mol. The van der Waals surface area contributed by atoms with E-state index in [2.05, 4.69) is 5.16 Å². The minimum Gasteiger partial charge on any atom is -0.468 e. The summed E-state index contributed by atoms with van der Waals surface area (Å²) in [7, 11) is 2.53. The van der Waals surface area contributed by atoms with Gasteiger partial charge in [-0.2, -0.15) is 0 Å². The number of nitrogens with zero attached hydrogens (tertiary/aromatic N) is 1. The number of ether oxygens (including phenoxy) is 2. The third-order valence-corrected chi connectivity index (χ3v) is 4.77. The van der Waals surface area contributed by atoms with Gasteiger partial charge in [0.25, 0.3) is 0 Å². The van der Waals surface area contributed by atoms with Gasteiger partial charge in [0.2, 0.25) is 0 Å². The molecule has 110 valence electrons. The van der Waals surface area contributed by atoms with Crippen LogP contribution in [0.3, 0.4) is 0 Å². The molecule has 2 heterocycles. The number of methoxy groups -OCH3 is 2. The highest BCUT2D eigenvalue weighted by Crippen LogP contribution is 2.52. The average Bonchev–Trinajstić information content (AvgIpc) is 3.20. The molecular weight excluding hydrogens is 294 g/mol. The number of carbonyl (C=O) groups excluding carboxylic acids is 2. The highest BCUT2D eigenvalue weighted by atomic mass is 32.1. The molecule has 0 saturated heterocycles. The highest BCUT2D eigenvalue weighted by Gasteiger charge is 2.61. The first-order chi connectivity index (χ1) is 10.1. The lowest BCUT2D eigenvalue weighted by Gasteiger charge is -2.29. The van der Waals surface area contributed by atoms with Gasteiger partial charge in [-0.3, -0.25) is 9.59 Å². The van der Waals surface area contributed by atoms with E-state index in [1.807, 2.05) is 17.5 Å². The Morgan fingerprint density at radius 3 is 2.67 bits per heavy atom. The molecule has 0 saturated carbocycles. The first-order valence-electron chi connectivity index (χ1n) is 6.28. The van der Waals surface area contributed by atoms with Crippen LogP contribution in [0.15, 0.2) is 28.3 Å². The van der Waals surface area contributed by atoms with Gasteiger partial charge in [-0.15, -0.1) is 11.3 Å². The third kappa shape index (κ3) is 1.80. The van der Waals surface area contributed by atoms with Crippen molar-refractivity contribution >= 4 is 23.3 Å². The Hall–Kier alpha value is -2.15. The molecule has 0 aromatic carbocycles. The molecule has 0 spiro atoms. The largest absolute Gasteiger partial charge is 0.468 e. The normalized spacial score (nSPS) is 19.0. The van der Waals surface area contributed by atoms with Gasteiger partial charge in [0.05, 0.1) is 25.8 Å². The molecule has 2 aromatic rings. The Balaban J connectivity index is 2.21. The van der Waals surface area contributed by atoms with E-state index < -0.39 is 23.3 Å². The van der Waals surface area contributed by atoms with E-state index in [1.165, 1.54) is 31.8 Å². The minimum atomic E-state index is -1.44. The Labute approximate surface area is 124 Å². The molecular formula is C14H13NO5S. The summed E-state index contributed by atoms with van der Waals surface area (Å²) in [6, 6.07) is 3.72. The van der Waals surface area contributed by atoms with Crippen LogP contribution in [0.25, 0.3) is 0 Å². The van der Waals surface area contributed by atoms with Crippen molar-refractivity contribution in [1.29, 1.82) is 0 Å². The SMILES string of the molecule is COC(=O)C1(C(=O)OC)Cc2conc2C1c1cccs1. The van der Waals surface area contributed by atoms with E-state index in [4.69, 9.17) is 14.0 Å². The van der Waals surface area contributed by atoms with Crippen molar-refractivity contribution in [2.75, 3.05) is 14.2 Å². The molecule has 0 N–H and O–H groups in total. The maximum Gasteiger partial charge on any atom is 0.324 e. The van der Waals surface area contributed by atoms with Crippen LogP contribution < -0.4 is 0 Å². The molecule has 0 amide bonds. The van der Waals surface area contributed by atoms with Crippen molar-refractivity contribution in [2.24, 2.45) is 5.41 Å². The first-order valence-corrected chi connectivity index (χ1v) is 7.16. The maximum atomic E-state index is 12.4. The van der Waals surface area contributed by atoms with Crippen molar-refractivity contribution in [3.8, 4) is 0 Å². The van der Waals surface area contributed by atoms with E-state index >= 15 is 0 Å². The van der Waals surface area contributed by atoms with Crippen LogP contribution in [0, 0.1) is 5.41 Å². The lowest BCUT2D eigenvalue weighted by Crippen LogP contribution is -2.45. The smallest absolute Gasteiger partial charge is 0.324 e. The van der Waals surface area contributed by atoms with Crippen LogP contribution in [0.5, 0.6) is 0 Å². The monoisotopic (exact) mass is 307 g/mol. The van der Waals surface area contributed by atoms with Gasteiger partial charge in [0.15, 0.2) is 5.41 Å². The molecule has 1 atom stereocenters. The zero-order valence-corrected chi connectivity index (χ0v) is 12.3. The fourth-order valence-electron chi connectivity index (χ4n) is 2.93. The zero-order valence-electron chi connectivity index (χ0n) is 11.5. The van der Waals surface area contributed by atoms with Gasteiger partial charge in [-0.25, -0.2) is 0 Å². The van der Waals surface area contributed by atoms with Crippen molar-refractivity contribution < 1.29 is 23.6 Å². The molecule has 7 heteroatoms. The van der Waals surface area contributed by atoms with Crippen molar-refractivity contribution in [3.05, 3.63) is 39.9 Å². The van der Waals surface area contributed by atoms with Gasteiger partial charge < -0.3 is 14.0 Å². The predicted octanol–water partition coefficient (Wildman–Crippen LogP) is 1.76. The molecule has 0 aliphatic heterocycles. The number of thiophene rings is 1. The summed E-state index contributed by atoms with van der Waals surface area (Å²) in [6.07, 6.45) is 1.62. The molecule has 6 nitrogen and oxygen atoms in total. The predicted molar refractivity (Wildman–Crippen MR) is 72.8 cm³/mol. The number of rotatable bonds is 3. The molecule has 0 fully saturated rings. The second-order valence-corrected chi connectivity index (χ2v) is 5.78. The summed E-state index contributed by atoms with van der Waals surface area (Å²) in [5, 5.41) is 5.86.